The lowest BCUT2D eigenvalue weighted by Crippen LogP contribution is -1.97. The second kappa shape index (κ2) is 5.30. The number of hydrogen-bond donors (Lipinski definition) is 0. The van der Waals surface area contributed by atoms with Crippen LogP contribution in [0.15, 0.2) is 11.6 Å². The maximum atomic E-state index is 10.6. The lowest BCUT2D eigenvalue weighted by atomic mass is 10.2. The SMILES string of the molecule is CCCC=C(C)C(=O)OCl. The predicted molar refractivity (Wildman–Crippen MR) is 40.6 cm³/mol. The molecule has 0 aliphatic heterocycles. The van der Waals surface area contributed by atoms with Gasteiger partial charge in [0.2, 0.25) is 0 Å². The molecule has 0 atom stereocenters. The quantitative estimate of drug-likeness (QED) is 0.596. The zero-order chi connectivity index (χ0) is 7.98. The van der Waals surface area contributed by atoms with Crippen LogP contribution >= 0.6 is 11.9 Å². The fraction of sp³-hybridized carbons (Fsp3) is 0.571. The monoisotopic (exact) mass is 162 g/mol. The van der Waals surface area contributed by atoms with Crippen molar-refractivity contribution in [2.45, 2.75) is 26.7 Å². The Morgan fingerprint density at radius 3 is 2.70 bits per heavy atom. The van der Waals surface area contributed by atoms with Crippen LogP contribution in [0.3, 0.4) is 0 Å². The second-order valence-electron chi connectivity index (χ2n) is 2.04. The molecule has 10 heavy (non-hydrogen) atoms. The predicted octanol–water partition coefficient (Wildman–Crippen LogP) is 2.43. The standard InChI is InChI=1S/C7H11ClO2/c1-3-4-5-6(2)7(9)10-8/h5H,3-4H2,1-2H3. The summed E-state index contributed by atoms with van der Waals surface area (Å²) in [4.78, 5) is 10.6. The first kappa shape index (κ1) is 9.50. The molecular formula is C7H11ClO2. The third-order valence-corrected chi connectivity index (χ3v) is 1.27. The van der Waals surface area contributed by atoms with E-state index >= 15 is 0 Å². The van der Waals surface area contributed by atoms with Gasteiger partial charge >= 0.3 is 5.97 Å². The summed E-state index contributed by atoms with van der Waals surface area (Å²) >= 11 is 4.84. The minimum atomic E-state index is -0.463. The number of carbonyl (C=O) groups is 1. The summed E-state index contributed by atoms with van der Waals surface area (Å²) in [7, 11) is 0. The molecule has 0 fully saturated rings. The highest BCUT2D eigenvalue weighted by atomic mass is 35.5. The summed E-state index contributed by atoms with van der Waals surface area (Å²) in [6.07, 6.45) is 3.72. The summed E-state index contributed by atoms with van der Waals surface area (Å²) in [5.41, 5.74) is 0.567. The van der Waals surface area contributed by atoms with Gasteiger partial charge in [-0.2, -0.15) is 0 Å². The van der Waals surface area contributed by atoms with Crippen molar-refractivity contribution in [1.82, 2.24) is 0 Å². The van der Waals surface area contributed by atoms with Gasteiger partial charge in [-0.15, -0.1) is 0 Å². The molecule has 0 aromatic heterocycles. The molecule has 0 aromatic rings. The van der Waals surface area contributed by atoms with Crippen LogP contribution in [0.1, 0.15) is 26.7 Å². The molecule has 0 radical (unpaired) electrons. The molecule has 0 aromatic carbocycles. The zero-order valence-electron chi connectivity index (χ0n) is 6.19. The van der Waals surface area contributed by atoms with Crippen molar-refractivity contribution >= 4 is 17.8 Å². The van der Waals surface area contributed by atoms with E-state index in [2.05, 4.69) is 4.29 Å². The fourth-order valence-electron chi connectivity index (χ4n) is 0.505. The normalized spacial score (nSPS) is 11.3. The first-order valence-electron chi connectivity index (χ1n) is 3.22. The Morgan fingerprint density at radius 1 is 1.70 bits per heavy atom. The molecule has 3 heteroatoms. The Hall–Kier alpha value is -0.500. The maximum Gasteiger partial charge on any atom is 0.351 e. The van der Waals surface area contributed by atoms with Crippen molar-refractivity contribution in [3.8, 4) is 0 Å². The highest BCUT2D eigenvalue weighted by molar-refractivity contribution is 6.15. The third kappa shape index (κ3) is 3.51. The van der Waals surface area contributed by atoms with Crippen LogP contribution in [-0.4, -0.2) is 5.97 Å². The van der Waals surface area contributed by atoms with Crippen LogP contribution in [0.2, 0.25) is 0 Å². The van der Waals surface area contributed by atoms with Crippen molar-refractivity contribution in [2.24, 2.45) is 0 Å². The summed E-state index contributed by atoms with van der Waals surface area (Å²) in [5.74, 6) is -0.463. The number of allylic oxidation sites excluding steroid dienone is 1. The summed E-state index contributed by atoms with van der Waals surface area (Å²) in [6, 6.07) is 0. The van der Waals surface area contributed by atoms with Crippen LogP contribution in [-0.2, 0) is 9.08 Å². The van der Waals surface area contributed by atoms with Gasteiger partial charge < -0.3 is 4.29 Å². The van der Waals surface area contributed by atoms with Gasteiger partial charge in [0, 0.05) is 5.57 Å². The Kier molecular flexibility index (Phi) is 5.03. The van der Waals surface area contributed by atoms with Crippen molar-refractivity contribution in [3.05, 3.63) is 11.6 Å². The molecule has 58 valence electrons. The van der Waals surface area contributed by atoms with Crippen molar-refractivity contribution in [2.75, 3.05) is 0 Å². The maximum absolute atomic E-state index is 10.6. The van der Waals surface area contributed by atoms with Gasteiger partial charge in [0.05, 0.1) is 0 Å². The average Bonchev–Trinajstić information content (AvgIpc) is 1.98. The zero-order valence-corrected chi connectivity index (χ0v) is 6.94. The molecule has 0 unspecified atom stereocenters. The summed E-state index contributed by atoms with van der Waals surface area (Å²) < 4.78 is 3.97. The smallest absolute Gasteiger partial charge is 0.343 e. The molecule has 0 amide bonds. The average molecular weight is 163 g/mol. The number of unbranched alkanes of at least 4 members (excludes halogenated alkanes) is 1. The number of rotatable bonds is 3. The molecular weight excluding hydrogens is 152 g/mol. The Morgan fingerprint density at radius 2 is 2.30 bits per heavy atom. The molecule has 0 aliphatic carbocycles. The molecule has 0 N–H and O–H groups in total. The first-order valence-corrected chi connectivity index (χ1v) is 3.53. The molecule has 0 rings (SSSR count). The molecule has 0 saturated carbocycles. The van der Waals surface area contributed by atoms with Crippen LogP contribution in [0.25, 0.3) is 0 Å². The van der Waals surface area contributed by atoms with Gasteiger partial charge in [0.15, 0.2) is 0 Å². The van der Waals surface area contributed by atoms with E-state index in [0.717, 1.165) is 12.8 Å². The van der Waals surface area contributed by atoms with Gasteiger partial charge in [-0.25, -0.2) is 4.79 Å². The Labute approximate surface area is 66.0 Å². The van der Waals surface area contributed by atoms with Gasteiger partial charge in [0.25, 0.3) is 0 Å². The van der Waals surface area contributed by atoms with Gasteiger partial charge in [-0.05, 0) is 13.3 Å². The highest BCUT2D eigenvalue weighted by Crippen LogP contribution is 2.01. The van der Waals surface area contributed by atoms with Gasteiger partial charge in [-0.1, -0.05) is 19.4 Å². The van der Waals surface area contributed by atoms with E-state index in [1.165, 1.54) is 0 Å². The Balaban J connectivity index is 3.80. The molecule has 0 bridgehead atoms. The fourth-order valence-corrected chi connectivity index (χ4v) is 0.627. The van der Waals surface area contributed by atoms with E-state index < -0.39 is 5.97 Å². The molecule has 0 spiro atoms. The van der Waals surface area contributed by atoms with E-state index in [9.17, 15) is 4.79 Å². The van der Waals surface area contributed by atoms with Crippen LogP contribution in [0, 0.1) is 0 Å². The van der Waals surface area contributed by atoms with Crippen molar-refractivity contribution in [3.63, 3.8) is 0 Å². The largest absolute Gasteiger partial charge is 0.351 e. The lowest BCUT2D eigenvalue weighted by molar-refractivity contribution is -0.129. The number of halogens is 1. The van der Waals surface area contributed by atoms with Crippen LogP contribution < -0.4 is 0 Å². The molecule has 0 saturated heterocycles. The van der Waals surface area contributed by atoms with Crippen LogP contribution in [0.4, 0.5) is 0 Å². The first-order chi connectivity index (χ1) is 4.72. The summed E-state index contributed by atoms with van der Waals surface area (Å²) in [5, 5.41) is 0. The number of hydrogen-bond acceptors (Lipinski definition) is 2. The molecule has 0 heterocycles. The van der Waals surface area contributed by atoms with Crippen LogP contribution in [0.5, 0.6) is 0 Å². The van der Waals surface area contributed by atoms with Crippen molar-refractivity contribution < 1.29 is 9.08 Å². The number of carbonyl (C=O) groups excluding carboxylic acids is 1. The summed E-state index contributed by atoms with van der Waals surface area (Å²) in [6.45, 7) is 3.72. The Bertz CT molecular complexity index is 141. The van der Waals surface area contributed by atoms with E-state index in [1.54, 1.807) is 6.92 Å². The minimum absolute atomic E-state index is 0.463. The molecule has 2 nitrogen and oxygen atoms in total. The van der Waals surface area contributed by atoms with E-state index in [1.807, 2.05) is 13.0 Å². The van der Waals surface area contributed by atoms with Gasteiger partial charge in [-0.3, -0.25) is 0 Å². The van der Waals surface area contributed by atoms with E-state index in [-0.39, 0.29) is 0 Å². The van der Waals surface area contributed by atoms with E-state index in [0.29, 0.717) is 5.57 Å². The minimum Gasteiger partial charge on any atom is -0.343 e. The topological polar surface area (TPSA) is 26.3 Å². The molecule has 0 aliphatic rings. The van der Waals surface area contributed by atoms with Crippen molar-refractivity contribution in [1.29, 1.82) is 0 Å². The third-order valence-electron chi connectivity index (χ3n) is 1.13. The van der Waals surface area contributed by atoms with E-state index in [4.69, 9.17) is 11.9 Å². The second-order valence-corrected chi connectivity index (χ2v) is 2.19. The lowest BCUT2D eigenvalue weighted by Gasteiger charge is -1.93. The van der Waals surface area contributed by atoms with Gasteiger partial charge in [0.1, 0.15) is 11.9 Å². The highest BCUT2D eigenvalue weighted by Gasteiger charge is 2.01.